The summed E-state index contributed by atoms with van der Waals surface area (Å²) in [6, 6.07) is 9.56. The second-order valence-corrected chi connectivity index (χ2v) is 8.75. The number of aromatic nitrogens is 1. The third kappa shape index (κ3) is 3.82. The molecule has 150 valence electrons. The van der Waals surface area contributed by atoms with Gasteiger partial charge in [-0.25, -0.2) is 0 Å². The van der Waals surface area contributed by atoms with Crippen LogP contribution in [0.1, 0.15) is 35.3 Å². The third-order valence-corrected chi connectivity index (χ3v) is 6.79. The highest BCUT2D eigenvalue weighted by Crippen LogP contribution is 2.45. The fourth-order valence-corrected chi connectivity index (χ4v) is 5.29. The molecule has 1 atom stereocenters. The van der Waals surface area contributed by atoms with Crippen molar-refractivity contribution in [3.63, 3.8) is 0 Å². The number of allylic oxidation sites excluding steroid dienone is 1. The molecule has 2 aromatic rings. The average Bonchev–Trinajstić information content (AvgIpc) is 2.80. The fourth-order valence-electron chi connectivity index (χ4n) is 4.29. The predicted molar refractivity (Wildman–Crippen MR) is 121 cm³/mol. The highest BCUT2D eigenvalue weighted by Gasteiger charge is 2.36. The number of hydrogen-bond donors (Lipinski definition) is 1. The van der Waals surface area contributed by atoms with Crippen LogP contribution in [0.3, 0.4) is 0 Å². The van der Waals surface area contributed by atoms with Crippen LogP contribution in [0.25, 0.3) is 10.1 Å². The van der Waals surface area contributed by atoms with Gasteiger partial charge in [0.25, 0.3) is 0 Å². The van der Waals surface area contributed by atoms with Gasteiger partial charge in [0.2, 0.25) is 0 Å². The molecule has 29 heavy (non-hydrogen) atoms. The zero-order chi connectivity index (χ0) is 20.7. The SMILES string of the molecule is CB(O)N1CCN(C2c3ccc(Cl)cc3C(C(C)=O)=C(Br)c3cccnc32)CC1. The molecule has 2 aliphatic rings. The largest absolute Gasteiger partial charge is 0.437 e. The molecule has 5 nitrogen and oxygen atoms in total. The number of fused-ring (bicyclic) bond motifs is 2. The molecule has 8 heteroatoms. The first-order valence-electron chi connectivity index (χ1n) is 9.70. The number of nitrogens with zero attached hydrogens (tertiary/aromatic N) is 3. The summed E-state index contributed by atoms with van der Waals surface area (Å²) >= 11 is 10.0. The van der Waals surface area contributed by atoms with Crippen LogP contribution in [-0.2, 0) is 4.79 Å². The highest BCUT2D eigenvalue weighted by atomic mass is 79.9. The lowest BCUT2D eigenvalue weighted by Gasteiger charge is -2.40. The molecule has 2 heterocycles. The van der Waals surface area contributed by atoms with E-state index in [1.54, 1.807) is 19.9 Å². The van der Waals surface area contributed by atoms with Crippen LogP contribution < -0.4 is 0 Å². The minimum absolute atomic E-state index is 0.0187. The molecule has 1 aromatic heterocycles. The van der Waals surface area contributed by atoms with E-state index in [-0.39, 0.29) is 11.8 Å². The first-order chi connectivity index (χ1) is 13.9. The van der Waals surface area contributed by atoms with Crippen molar-refractivity contribution in [1.82, 2.24) is 14.7 Å². The maximum atomic E-state index is 12.6. The number of ketones is 1. The van der Waals surface area contributed by atoms with Crippen molar-refractivity contribution < 1.29 is 9.82 Å². The van der Waals surface area contributed by atoms with Crippen molar-refractivity contribution >= 4 is 50.4 Å². The Morgan fingerprint density at radius 1 is 1.24 bits per heavy atom. The van der Waals surface area contributed by atoms with Crippen LogP contribution in [0.15, 0.2) is 36.5 Å². The minimum Gasteiger partial charge on any atom is -0.437 e. The number of Topliss-reactive ketones (excluding diaryl/α,β-unsaturated/α-hetero) is 1. The topological polar surface area (TPSA) is 56.7 Å². The quantitative estimate of drug-likeness (QED) is 0.688. The molecule has 0 spiro atoms. The van der Waals surface area contributed by atoms with Crippen LogP contribution in [0, 0.1) is 0 Å². The lowest BCUT2D eigenvalue weighted by atomic mass is 9.84. The van der Waals surface area contributed by atoms with E-state index < -0.39 is 7.05 Å². The van der Waals surface area contributed by atoms with Gasteiger partial charge in [-0.3, -0.25) is 14.7 Å². The smallest absolute Gasteiger partial charge is 0.376 e. The van der Waals surface area contributed by atoms with E-state index >= 15 is 0 Å². The lowest BCUT2D eigenvalue weighted by molar-refractivity contribution is -0.111. The van der Waals surface area contributed by atoms with E-state index in [1.807, 2.05) is 30.3 Å². The number of rotatable bonds is 3. The van der Waals surface area contributed by atoms with E-state index in [4.69, 9.17) is 16.6 Å². The zero-order valence-electron chi connectivity index (χ0n) is 16.4. The summed E-state index contributed by atoms with van der Waals surface area (Å²) in [4.78, 5) is 21.8. The number of benzene rings is 1. The third-order valence-electron chi connectivity index (χ3n) is 5.73. The van der Waals surface area contributed by atoms with Gasteiger partial charge >= 0.3 is 7.05 Å². The number of carbonyl (C=O) groups is 1. The molecule has 1 saturated heterocycles. The molecule has 0 amide bonds. The Balaban J connectivity index is 1.89. The molecule has 4 rings (SSSR count). The van der Waals surface area contributed by atoms with E-state index in [1.165, 1.54) is 0 Å². The summed E-state index contributed by atoms with van der Waals surface area (Å²) in [7, 11) is -0.456. The molecule has 1 fully saturated rings. The Labute approximate surface area is 184 Å². The Hall–Kier alpha value is -1.51. The number of halogens is 2. The molecule has 1 aliphatic heterocycles. The van der Waals surface area contributed by atoms with E-state index in [0.29, 0.717) is 10.6 Å². The van der Waals surface area contributed by atoms with Crippen LogP contribution in [-0.4, -0.2) is 58.7 Å². The molecular formula is C21H22BBrClN3O2. The lowest BCUT2D eigenvalue weighted by Crippen LogP contribution is -2.52. The fraction of sp³-hybridized carbons (Fsp3) is 0.333. The normalized spacial score (nSPS) is 20.1. The van der Waals surface area contributed by atoms with Gasteiger partial charge in [0.1, 0.15) is 0 Å². The second kappa shape index (κ2) is 8.32. The minimum atomic E-state index is -0.456. The van der Waals surface area contributed by atoms with Gasteiger partial charge in [-0.1, -0.05) is 23.7 Å². The molecule has 1 aromatic carbocycles. The van der Waals surface area contributed by atoms with Crippen LogP contribution in [0.5, 0.6) is 0 Å². The van der Waals surface area contributed by atoms with Gasteiger partial charge in [0.15, 0.2) is 5.78 Å². The summed E-state index contributed by atoms with van der Waals surface area (Å²) in [6.45, 7) is 6.51. The maximum absolute atomic E-state index is 12.6. The standard InChI is InChI=1S/C21H22BBrClN3O2/c1-13(28)18-17-12-14(24)5-6-15(17)21(20-16(19(18)23)4-3-7-25-20)26-8-10-27(11-9-26)22(2)29/h3-7,12,21,29H,8-11H2,1-2H3. The van der Waals surface area contributed by atoms with Crippen molar-refractivity contribution in [1.29, 1.82) is 0 Å². The molecule has 1 unspecified atom stereocenters. The summed E-state index contributed by atoms with van der Waals surface area (Å²) < 4.78 is 0.752. The maximum Gasteiger partial charge on any atom is 0.376 e. The summed E-state index contributed by atoms with van der Waals surface area (Å²) in [5.74, 6) is -0.0187. The van der Waals surface area contributed by atoms with E-state index in [2.05, 4.69) is 25.6 Å². The van der Waals surface area contributed by atoms with E-state index in [0.717, 1.165) is 53.0 Å². The van der Waals surface area contributed by atoms with Gasteiger partial charge < -0.3 is 9.83 Å². The Kier molecular flexibility index (Phi) is 5.95. The summed E-state index contributed by atoms with van der Waals surface area (Å²) in [5, 5.41) is 10.5. The van der Waals surface area contributed by atoms with Crippen molar-refractivity contribution in [3.8, 4) is 0 Å². The molecule has 0 radical (unpaired) electrons. The van der Waals surface area contributed by atoms with Crippen molar-refractivity contribution in [2.75, 3.05) is 26.2 Å². The average molecular weight is 475 g/mol. The van der Waals surface area contributed by atoms with Gasteiger partial charge in [0.05, 0.1) is 11.7 Å². The van der Waals surface area contributed by atoms with Crippen molar-refractivity contribution in [2.45, 2.75) is 19.8 Å². The summed E-state index contributed by atoms with van der Waals surface area (Å²) in [6.07, 6.45) is 1.80. The monoisotopic (exact) mass is 473 g/mol. The number of carbonyl (C=O) groups excluding carboxylic acids is 1. The predicted octanol–water partition coefficient (Wildman–Crippen LogP) is 3.72. The first-order valence-corrected chi connectivity index (χ1v) is 10.9. The molecule has 0 bridgehead atoms. The highest BCUT2D eigenvalue weighted by molar-refractivity contribution is 9.15. The first kappa shape index (κ1) is 20.8. The Morgan fingerprint density at radius 2 is 1.97 bits per heavy atom. The van der Waals surface area contributed by atoms with Gasteiger partial charge in [-0.2, -0.15) is 0 Å². The molecule has 1 aliphatic carbocycles. The second-order valence-electron chi connectivity index (χ2n) is 7.52. The Morgan fingerprint density at radius 3 is 2.62 bits per heavy atom. The summed E-state index contributed by atoms with van der Waals surface area (Å²) in [5.41, 5.74) is 4.34. The number of pyridine rings is 1. The van der Waals surface area contributed by atoms with Gasteiger partial charge in [-0.05, 0) is 59.0 Å². The van der Waals surface area contributed by atoms with Crippen molar-refractivity contribution in [2.24, 2.45) is 0 Å². The van der Waals surface area contributed by atoms with Crippen molar-refractivity contribution in [3.05, 3.63) is 63.9 Å². The molecule has 1 N–H and O–H groups in total. The van der Waals surface area contributed by atoms with Crippen LogP contribution in [0.2, 0.25) is 11.8 Å². The number of hydrogen-bond acceptors (Lipinski definition) is 5. The van der Waals surface area contributed by atoms with E-state index in [9.17, 15) is 9.82 Å². The molecular weight excluding hydrogens is 452 g/mol. The molecule has 0 saturated carbocycles. The van der Waals surface area contributed by atoms with Crippen LogP contribution in [0.4, 0.5) is 0 Å². The number of piperazine rings is 1. The van der Waals surface area contributed by atoms with Crippen LogP contribution >= 0.6 is 27.5 Å². The zero-order valence-corrected chi connectivity index (χ0v) is 18.7. The van der Waals surface area contributed by atoms with Gasteiger partial charge in [-0.15, -0.1) is 0 Å². The Bertz CT molecular complexity index is 990. The van der Waals surface area contributed by atoms with Gasteiger partial charge in [0, 0.05) is 53.0 Å².